The highest BCUT2D eigenvalue weighted by Crippen LogP contribution is 2.17. The van der Waals surface area contributed by atoms with E-state index in [1.165, 1.54) is 0 Å². The van der Waals surface area contributed by atoms with E-state index in [1.54, 1.807) is 18.7 Å². The molecule has 1 aliphatic rings. The molecule has 0 bridgehead atoms. The summed E-state index contributed by atoms with van der Waals surface area (Å²) in [4.78, 5) is 27.8. The Balaban J connectivity index is 1.48. The molecule has 3 heterocycles. The van der Waals surface area contributed by atoms with E-state index in [1.807, 2.05) is 17.0 Å². The van der Waals surface area contributed by atoms with Crippen LogP contribution in [0.3, 0.4) is 0 Å². The Hall–Kier alpha value is -1.89. The SMILES string of the molecule is O=C(CCc1cnc[nH]1)N1CCN(c2ccc(Br)cn2)CC1. The first-order valence-corrected chi connectivity index (χ1v) is 8.13. The Morgan fingerprint density at radius 3 is 2.68 bits per heavy atom. The summed E-state index contributed by atoms with van der Waals surface area (Å²) in [5, 5.41) is 0. The van der Waals surface area contributed by atoms with Crippen molar-refractivity contribution in [2.45, 2.75) is 12.8 Å². The molecule has 2 aromatic rings. The monoisotopic (exact) mass is 363 g/mol. The van der Waals surface area contributed by atoms with E-state index in [9.17, 15) is 4.79 Å². The number of anilines is 1. The predicted octanol–water partition coefficient (Wildman–Crippen LogP) is 1.85. The Bertz CT molecular complexity index is 605. The van der Waals surface area contributed by atoms with Crippen molar-refractivity contribution in [3.63, 3.8) is 0 Å². The number of aromatic amines is 1. The van der Waals surface area contributed by atoms with Crippen molar-refractivity contribution in [3.8, 4) is 0 Å². The largest absolute Gasteiger partial charge is 0.353 e. The lowest BCUT2D eigenvalue weighted by atomic mass is 10.2. The number of carbonyl (C=O) groups is 1. The number of pyridine rings is 1. The van der Waals surface area contributed by atoms with E-state index in [2.05, 4.69) is 35.8 Å². The molecule has 0 saturated carbocycles. The van der Waals surface area contributed by atoms with Gasteiger partial charge in [-0.05, 0) is 34.5 Å². The first kappa shape index (κ1) is 15.0. The molecule has 0 unspecified atom stereocenters. The summed E-state index contributed by atoms with van der Waals surface area (Å²) >= 11 is 3.39. The average Bonchev–Trinajstić information content (AvgIpc) is 3.07. The van der Waals surface area contributed by atoms with E-state index in [0.717, 1.165) is 42.2 Å². The number of aryl methyl sites for hydroxylation is 1. The van der Waals surface area contributed by atoms with Gasteiger partial charge in [-0.2, -0.15) is 0 Å². The fraction of sp³-hybridized carbons (Fsp3) is 0.400. The zero-order chi connectivity index (χ0) is 15.4. The Morgan fingerprint density at radius 1 is 1.23 bits per heavy atom. The summed E-state index contributed by atoms with van der Waals surface area (Å²) in [7, 11) is 0. The normalized spacial score (nSPS) is 15.1. The third-order valence-electron chi connectivity index (χ3n) is 3.83. The lowest BCUT2D eigenvalue weighted by molar-refractivity contribution is -0.131. The second-order valence-corrected chi connectivity index (χ2v) is 6.19. The Morgan fingerprint density at radius 2 is 2.05 bits per heavy atom. The minimum absolute atomic E-state index is 0.206. The first-order valence-electron chi connectivity index (χ1n) is 7.34. The standard InChI is InChI=1S/C15H18BrN5O/c16-12-1-3-14(18-9-12)20-5-7-21(8-6-20)15(22)4-2-13-10-17-11-19-13/h1,3,9-11H,2,4-8H2,(H,17,19). The minimum atomic E-state index is 0.206. The number of piperazine rings is 1. The smallest absolute Gasteiger partial charge is 0.223 e. The third kappa shape index (κ3) is 3.65. The Labute approximate surface area is 137 Å². The summed E-state index contributed by atoms with van der Waals surface area (Å²) in [6.07, 6.45) is 6.46. The zero-order valence-corrected chi connectivity index (χ0v) is 13.8. The second-order valence-electron chi connectivity index (χ2n) is 5.28. The molecule has 22 heavy (non-hydrogen) atoms. The number of nitrogens with zero attached hydrogens (tertiary/aromatic N) is 4. The van der Waals surface area contributed by atoms with Crippen LogP contribution in [0.2, 0.25) is 0 Å². The van der Waals surface area contributed by atoms with E-state index < -0.39 is 0 Å². The highest BCUT2D eigenvalue weighted by molar-refractivity contribution is 9.10. The number of rotatable bonds is 4. The molecule has 1 aliphatic heterocycles. The van der Waals surface area contributed by atoms with Gasteiger partial charge >= 0.3 is 0 Å². The third-order valence-corrected chi connectivity index (χ3v) is 4.30. The summed E-state index contributed by atoms with van der Waals surface area (Å²) in [5.74, 6) is 1.17. The number of halogens is 1. The molecule has 1 saturated heterocycles. The maximum absolute atomic E-state index is 12.2. The van der Waals surface area contributed by atoms with Gasteiger partial charge in [0.15, 0.2) is 0 Å². The molecule has 0 aliphatic carbocycles. The van der Waals surface area contributed by atoms with Gasteiger partial charge < -0.3 is 14.8 Å². The summed E-state index contributed by atoms with van der Waals surface area (Å²) in [6, 6.07) is 3.99. The number of carbonyl (C=O) groups excluding carboxylic acids is 1. The van der Waals surface area contributed by atoms with E-state index >= 15 is 0 Å². The molecule has 7 heteroatoms. The average molecular weight is 364 g/mol. The van der Waals surface area contributed by atoms with Crippen LogP contribution >= 0.6 is 15.9 Å². The van der Waals surface area contributed by atoms with Crippen molar-refractivity contribution in [2.75, 3.05) is 31.1 Å². The van der Waals surface area contributed by atoms with Crippen molar-refractivity contribution >= 4 is 27.7 Å². The van der Waals surface area contributed by atoms with Gasteiger partial charge in [0.2, 0.25) is 5.91 Å². The fourth-order valence-electron chi connectivity index (χ4n) is 2.56. The van der Waals surface area contributed by atoms with Crippen LogP contribution in [0.25, 0.3) is 0 Å². The fourth-order valence-corrected chi connectivity index (χ4v) is 2.80. The van der Waals surface area contributed by atoms with Gasteiger partial charge in [-0.25, -0.2) is 9.97 Å². The van der Waals surface area contributed by atoms with Crippen LogP contribution in [-0.2, 0) is 11.2 Å². The van der Waals surface area contributed by atoms with Gasteiger partial charge in [0.1, 0.15) is 5.82 Å². The van der Waals surface area contributed by atoms with Gasteiger partial charge in [0, 0.05) is 55.2 Å². The molecule has 6 nitrogen and oxygen atoms in total. The van der Waals surface area contributed by atoms with Gasteiger partial charge in [0.25, 0.3) is 0 Å². The molecule has 0 atom stereocenters. The quantitative estimate of drug-likeness (QED) is 0.899. The summed E-state index contributed by atoms with van der Waals surface area (Å²) < 4.78 is 0.976. The summed E-state index contributed by atoms with van der Waals surface area (Å²) in [5.41, 5.74) is 1.01. The lowest BCUT2D eigenvalue weighted by Crippen LogP contribution is -2.49. The molecule has 116 valence electrons. The molecular formula is C15H18BrN5O. The highest BCUT2D eigenvalue weighted by Gasteiger charge is 2.21. The van der Waals surface area contributed by atoms with Crippen LogP contribution in [-0.4, -0.2) is 51.9 Å². The molecule has 0 spiro atoms. The van der Waals surface area contributed by atoms with Gasteiger partial charge in [-0.3, -0.25) is 4.79 Å². The molecule has 0 aromatic carbocycles. The number of nitrogens with one attached hydrogen (secondary N) is 1. The minimum Gasteiger partial charge on any atom is -0.353 e. The van der Waals surface area contributed by atoms with Crippen molar-refractivity contribution in [1.29, 1.82) is 0 Å². The number of imidazole rings is 1. The summed E-state index contributed by atoms with van der Waals surface area (Å²) in [6.45, 7) is 3.15. The van der Waals surface area contributed by atoms with E-state index in [4.69, 9.17) is 0 Å². The van der Waals surface area contributed by atoms with Crippen LogP contribution in [0.1, 0.15) is 12.1 Å². The molecule has 3 rings (SSSR count). The Kier molecular flexibility index (Phi) is 4.72. The number of amides is 1. The highest BCUT2D eigenvalue weighted by atomic mass is 79.9. The van der Waals surface area contributed by atoms with Crippen LogP contribution < -0.4 is 4.90 Å². The van der Waals surface area contributed by atoms with Crippen LogP contribution in [0, 0.1) is 0 Å². The first-order chi connectivity index (χ1) is 10.7. The number of hydrogen-bond acceptors (Lipinski definition) is 4. The van der Waals surface area contributed by atoms with Crippen molar-refractivity contribution in [3.05, 3.63) is 41.0 Å². The number of aromatic nitrogens is 3. The zero-order valence-electron chi connectivity index (χ0n) is 12.2. The number of H-pyrrole nitrogens is 1. The van der Waals surface area contributed by atoms with Crippen LogP contribution in [0.4, 0.5) is 5.82 Å². The van der Waals surface area contributed by atoms with Crippen molar-refractivity contribution < 1.29 is 4.79 Å². The van der Waals surface area contributed by atoms with Gasteiger partial charge in [-0.1, -0.05) is 0 Å². The molecule has 1 fully saturated rings. The van der Waals surface area contributed by atoms with Crippen molar-refractivity contribution in [1.82, 2.24) is 19.9 Å². The van der Waals surface area contributed by atoms with Crippen LogP contribution in [0.15, 0.2) is 35.3 Å². The predicted molar refractivity (Wildman–Crippen MR) is 87.6 cm³/mol. The topological polar surface area (TPSA) is 65.1 Å². The maximum atomic E-state index is 12.2. The number of hydrogen-bond donors (Lipinski definition) is 1. The van der Waals surface area contributed by atoms with E-state index in [0.29, 0.717) is 12.8 Å². The molecule has 0 radical (unpaired) electrons. The molecule has 2 aromatic heterocycles. The second kappa shape index (κ2) is 6.91. The van der Waals surface area contributed by atoms with Crippen molar-refractivity contribution in [2.24, 2.45) is 0 Å². The van der Waals surface area contributed by atoms with Crippen LogP contribution in [0.5, 0.6) is 0 Å². The molecular weight excluding hydrogens is 346 g/mol. The van der Waals surface area contributed by atoms with Gasteiger partial charge in [-0.15, -0.1) is 0 Å². The maximum Gasteiger partial charge on any atom is 0.223 e. The molecule has 1 amide bonds. The van der Waals surface area contributed by atoms with E-state index in [-0.39, 0.29) is 5.91 Å². The van der Waals surface area contributed by atoms with Gasteiger partial charge in [0.05, 0.1) is 6.33 Å². The lowest BCUT2D eigenvalue weighted by Gasteiger charge is -2.35. The molecule has 1 N–H and O–H groups in total.